The minimum Gasteiger partial charge on any atom is -0.454 e. The van der Waals surface area contributed by atoms with Gasteiger partial charge in [-0.1, -0.05) is 0 Å². The highest BCUT2D eigenvalue weighted by molar-refractivity contribution is 7.89. The van der Waals surface area contributed by atoms with Gasteiger partial charge in [-0.05, 0) is 6.92 Å². The van der Waals surface area contributed by atoms with Crippen LogP contribution in [0.25, 0.3) is 0 Å². The molecule has 0 radical (unpaired) electrons. The van der Waals surface area contributed by atoms with Gasteiger partial charge in [0.2, 0.25) is 12.7 Å². The number of rotatable bonds is 6. The first-order valence-electron chi connectivity index (χ1n) is 7.75. The summed E-state index contributed by atoms with van der Waals surface area (Å²) in [6.07, 6.45) is 1.34. The minimum absolute atomic E-state index is 0. The number of nitrogens with two attached hydrogens (primary N) is 1. The summed E-state index contributed by atoms with van der Waals surface area (Å²) in [6.45, 7) is 1.72. The van der Waals surface area contributed by atoms with E-state index >= 15 is 0 Å². The summed E-state index contributed by atoms with van der Waals surface area (Å²) in [5.41, 5.74) is 6.56. The summed E-state index contributed by atoms with van der Waals surface area (Å²) in [5.74, 6) is 1.18. The Labute approximate surface area is 162 Å². The van der Waals surface area contributed by atoms with Crippen molar-refractivity contribution in [2.24, 2.45) is 7.05 Å². The van der Waals surface area contributed by atoms with Crippen molar-refractivity contribution in [1.29, 1.82) is 0 Å². The summed E-state index contributed by atoms with van der Waals surface area (Å²) in [5, 5.41) is 2.54. The molecule has 0 aliphatic carbocycles. The summed E-state index contributed by atoms with van der Waals surface area (Å²) in [4.78, 5) is 16.0. The van der Waals surface area contributed by atoms with Crippen LogP contribution in [-0.2, 0) is 21.9 Å². The van der Waals surface area contributed by atoms with Crippen LogP contribution in [0.3, 0.4) is 0 Å². The third kappa shape index (κ3) is 4.62. The van der Waals surface area contributed by atoms with Crippen LogP contribution in [0, 0.1) is 6.92 Å². The quantitative estimate of drug-likeness (QED) is 0.590. The Balaban J connectivity index is 0.00000261. The van der Waals surface area contributed by atoms with Gasteiger partial charge < -0.3 is 25.1 Å². The van der Waals surface area contributed by atoms with Crippen LogP contribution in [0.2, 0.25) is 0 Å². The second kappa shape index (κ2) is 8.03. The van der Waals surface area contributed by atoms with Crippen molar-refractivity contribution in [3.8, 4) is 11.5 Å². The Kier molecular flexibility index (Phi) is 6.19. The van der Waals surface area contributed by atoms with Gasteiger partial charge in [-0.25, -0.2) is 18.1 Å². The first-order chi connectivity index (χ1) is 12.3. The predicted molar refractivity (Wildman–Crippen MR) is 101 cm³/mol. The fraction of sp³-hybridized carbons (Fsp3) is 0.333. The normalized spacial score (nSPS) is 12.5. The van der Waals surface area contributed by atoms with E-state index in [0.29, 0.717) is 28.7 Å². The van der Waals surface area contributed by atoms with Crippen molar-refractivity contribution in [3.05, 3.63) is 24.2 Å². The molecule has 148 valence electrons. The number of amides is 1. The summed E-state index contributed by atoms with van der Waals surface area (Å²) < 4.78 is 38.7. The van der Waals surface area contributed by atoms with Crippen molar-refractivity contribution in [3.63, 3.8) is 0 Å². The summed E-state index contributed by atoms with van der Waals surface area (Å²) in [6, 6.07) is 3.13. The molecule has 1 amide bonds. The largest absolute Gasteiger partial charge is 0.454 e. The second-order valence-corrected chi connectivity index (χ2v) is 7.44. The average molecular weight is 418 g/mol. The number of nitrogens with zero attached hydrogens (tertiary/aromatic N) is 2. The highest BCUT2D eigenvalue weighted by Gasteiger charge is 2.20. The molecule has 0 fully saturated rings. The van der Waals surface area contributed by atoms with Gasteiger partial charge in [-0.15, -0.1) is 12.4 Å². The maximum absolute atomic E-state index is 12.2. The Morgan fingerprint density at radius 2 is 2.00 bits per heavy atom. The van der Waals surface area contributed by atoms with Crippen molar-refractivity contribution >= 4 is 39.7 Å². The lowest BCUT2D eigenvalue weighted by molar-refractivity contribution is -0.116. The number of ether oxygens (including phenoxy) is 2. The highest BCUT2D eigenvalue weighted by Crippen LogP contribution is 2.38. The number of fused-ring (bicyclic) bond motifs is 1. The van der Waals surface area contributed by atoms with Crippen molar-refractivity contribution in [1.82, 2.24) is 14.3 Å². The Morgan fingerprint density at radius 1 is 1.33 bits per heavy atom. The van der Waals surface area contributed by atoms with E-state index < -0.39 is 15.9 Å². The molecule has 0 saturated heterocycles. The van der Waals surface area contributed by atoms with E-state index in [1.807, 2.05) is 0 Å². The number of carbonyl (C=O) groups is 1. The van der Waals surface area contributed by atoms with E-state index in [1.165, 1.54) is 6.20 Å². The standard InChI is InChI=1S/C15H19N5O5S.ClH/c1-9-18-15(7-20(9)2)26(22,23)17-4-3-14(21)19-11-6-13-12(5-10(11)16)24-8-25-13;/h5-7,17H,3-4,8,16H2,1-2H3,(H,19,21);1H. The fourth-order valence-corrected chi connectivity index (χ4v) is 3.38. The van der Waals surface area contributed by atoms with Gasteiger partial charge in [0.25, 0.3) is 10.0 Å². The molecule has 0 bridgehead atoms. The minimum atomic E-state index is -3.77. The summed E-state index contributed by atoms with van der Waals surface area (Å²) in [7, 11) is -2.07. The van der Waals surface area contributed by atoms with Crippen molar-refractivity contribution < 1.29 is 22.7 Å². The first-order valence-corrected chi connectivity index (χ1v) is 9.23. The molecule has 0 unspecified atom stereocenters. The fourth-order valence-electron chi connectivity index (χ4n) is 2.31. The molecule has 12 heteroatoms. The Hall–Kier alpha value is -2.50. The number of imidazole rings is 1. The Morgan fingerprint density at radius 3 is 2.63 bits per heavy atom. The number of carbonyl (C=O) groups excluding carboxylic acids is 1. The lowest BCUT2D eigenvalue weighted by Crippen LogP contribution is -2.28. The number of halogens is 1. The topological polar surface area (TPSA) is 138 Å². The predicted octanol–water partition coefficient (Wildman–Crippen LogP) is 0.768. The molecular weight excluding hydrogens is 398 g/mol. The smallest absolute Gasteiger partial charge is 0.259 e. The molecule has 4 N–H and O–H groups in total. The van der Waals surface area contributed by atoms with Crippen LogP contribution in [0.15, 0.2) is 23.4 Å². The zero-order valence-corrected chi connectivity index (χ0v) is 16.3. The molecule has 0 spiro atoms. The maximum atomic E-state index is 12.2. The molecular formula is C15H20ClN5O5S. The molecule has 1 aromatic heterocycles. The van der Waals surface area contributed by atoms with Gasteiger partial charge in [-0.3, -0.25) is 4.79 Å². The van der Waals surface area contributed by atoms with E-state index in [0.717, 1.165) is 0 Å². The van der Waals surface area contributed by atoms with Crippen LogP contribution in [0.1, 0.15) is 12.2 Å². The number of aromatic nitrogens is 2. The number of benzene rings is 1. The molecule has 27 heavy (non-hydrogen) atoms. The van der Waals surface area contributed by atoms with E-state index in [1.54, 1.807) is 30.7 Å². The van der Waals surface area contributed by atoms with E-state index in [4.69, 9.17) is 15.2 Å². The molecule has 10 nitrogen and oxygen atoms in total. The molecule has 1 aliphatic heterocycles. The molecule has 1 aromatic carbocycles. The number of nitrogens with one attached hydrogen (secondary N) is 2. The Bertz CT molecular complexity index is 940. The highest BCUT2D eigenvalue weighted by atomic mass is 35.5. The number of sulfonamides is 1. The average Bonchev–Trinajstić information content (AvgIpc) is 3.14. The van der Waals surface area contributed by atoms with Crippen LogP contribution in [0.4, 0.5) is 11.4 Å². The molecule has 2 heterocycles. The molecule has 0 atom stereocenters. The maximum Gasteiger partial charge on any atom is 0.259 e. The van der Waals surface area contributed by atoms with E-state index in [-0.39, 0.29) is 37.2 Å². The third-order valence-electron chi connectivity index (χ3n) is 3.82. The van der Waals surface area contributed by atoms with Gasteiger partial charge in [0, 0.05) is 38.3 Å². The molecule has 2 aromatic rings. The van der Waals surface area contributed by atoms with Crippen molar-refractivity contribution in [2.75, 3.05) is 24.4 Å². The van der Waals surface area contributed by atoms with Crippen LogP contribution >= 0.6 is 12.4 Å². The second-order valence-electron chi connectivity index (χ2n) is 5.73. The van der Waals surface area contributed by atoms with Crippen LogP contribution in [-0.4, -0.2) is 37.2 Å². The number of anilines is 2. The first kappa shape index (κ1) is 20.8. The lowest BCUT2D eigenvalue weighted by Gasteiger charge is -2.09. The zero-order valence-electron chi connectivity index (χ0n) is 14.7. The third-order valence-corrected chi connectivity index (χ3v) is 5.16. The van der Waals surface area contributed by atoms with E-state index in [9.17, 15) is 13.2 Å². The molecule has 3 rings (SSSR count). The van der Waals surface area contributed by atoms with Gasteiger partial charge in [-0.2, -0.15) is 0 Å². The number of hydrogen-bond donors (Lipinski definition) is 3. The molecule has 1 aliphatic rings. The van der Waals surface area contributed by atoms with Gasteiger partial charge in [0.1, 0.15) is 5.82 Å². The van der Waals surface area contributed by atoms with Gasteiger partial charge >= 0.3 is 0 Å². The zero-order chi connectivity index (χ0) is 18.9. The molecule has 0 saturated carbocycles. The van der Waals surface area contributed by atoms with Crippen molar-refractivity contribution in [2.45, 2.75) is 18.4 Å². The number of hydrogen-bond acceptors (Lipinski definition) is 7. The monoisotopic (exact) mass is 417 g/mol. The number of nitrogen functional groups attached to an aromatic ring is 1. The van der Waals surface area contributed by atoms with Crippen LogP contribution in [0.5, 0.6) is 11.5 Å². The van der Waals surface area contributed by atoms with Crippen LogP contribution < -0.4 is 25.2 Å². The van der Waals surface area contributed by atoms with Gasteiger partial charge in [0.15, 0.2) is 16.5 Å². The van der Waals surface area contributed by atoms with E-state index in [2.05, 4.69) is 15.0 Å². The van der Waals surface area contributed by atoms with Gasteiger partial charge in [0.05, 0.1) is 11.4 Å². The summed E-state index contributed by atoms with van der Waals surface area (Å²) >= 11 is 0. The lowest BCUT2D eigenvalue weighted by atomic mass is 10.2. The number of aryl methyl sites for hydroxylation is 2. The SMILES string of the molecule is Cc1nc(S(=O)(=O)NCCC(=O)Nc2cc3c(cc2N)OCO3)cn1C.Cl.